The predicted molar refractivity (Wildman–Crippen MR) is 44.1 cm³/mol. The highest BCUT2D eigenvalue weighted by atomic mass is 19.4. The normalized spacial score (nSPS) is 23.8. The second-order valence-electron chi connectivity index (χ2n) is 3.14. The maximum atomic E-state index is 11.7. The highest BCUT2D eigenvalue weighted by Crippen LogP contribution is 2.18. The zero-order valence-electron chi connectivity index (χ0n) is 7.77. The van der Waals surface area contributed by atoms with Crippen LogP contribution in [-0.4, -0.2) is 45.2 Å². The molecule has 84 valence electrons. The smallest absolute Gasteiger partial charge is 0.378 e. The average molecular weight is 213 g/mol. The number of nitrogens with one attached hydrogen (secondary N) is 1. The van der Waals surface area contributed by atoms with E-state index in [1.165, 1.54) is 0 Å². The molecule has 0 spiro atoms. The van der Waals surface area contributed by atoms with Gasteiger partial charge in [-0.2, -0.15) is 13.2 Å². The van der Waals surface area contributed by atoms with Gasteiger partial charge in [-0.1, -0.05) is 0 Å². The van der Waals surface area contributed by atoms with E-state index in [0.717, 1.165) is 6.54 Å². The Kier molecular flexibility index (Phi) is 4.64. The number of hydrogen-bond donors (Lipinski definition) is 1. The first-order valence-electron chi connectivity index (χ1n) is 4.55. The second-order valence-corrected chi connectivity index (χ2v) is 3.14. The molecule has 1 unspecified atom stereocenters. The lowest BCUT2D eigenvalue weighted by molar-refractivity contribution is -0.148. The third kappa shape index (κ3) is 5.41. The minimum Gasteiger partial charge on any atom is -0.378 e. The Hall–Kier alpha value is -0.330. The zero-order chi connectivity index (χ0) is 10.4. The van der Waals surface area contributed by atoms with Gasteiger partial charge >= 0.3 is 6.18 Å². The van der Waals surface area contributed by atoms with Gasteiger partial charge in [-0.25, -0.2) is 0 Å². The van der Waals surface area contributed by atoms with Crippen LogP contribution in [0.15, 0.2) is 0 Å². The predicted octanol–water partition coefficient (Wildman–Crippen LogP) is 0.944. The standard InChI is InChI=1S/C8H14F3NO2/c9-8(10,11)1-3-13-6-7-5-12-2-4-14-7/h7,12H,1-6H2. The van der Waals surface area contributed by atoms with E-state index in [0.29, 0.717) is 13.2 Å². The van der Waals surface area contributed by atoms with Crippen LogP contribution in [0.3, 0.4) is 0 Å². The molecule has 1 saturated heterocycles. The Morgan fingerprint density at radius 1 is 1.43 bits per heavy atom. The molecule has 0 aromatic carbocycles. The summed E-state index contributed by atoms with van der Waals surface area (Å²) in [4.78, 5) is 0. The maximum Gasteiger partial charge on any atom is 0.391 e. The molecule has 1 rings (SSSR count). The topological polar surface area (TPSA) is 30.5 Å². The van der Waals surface area contributed by atoms with E-state index in [4.69, 9.17) is 9.47 Å². The Morgan fingerprint density at radius 3 is 2.79 bits per heavy atom. The molecule has 1 aliphatic rings. The van der Waals surface area contributed by atoms with Gasteiger partial charge in [-0.3, -0.25) is 0 Å². The second kappa shape index (κ2) is 5.53. The third-order valence-corrected chi connectivity index (χ3v) is 1.84. The Labute approximate surface area is 80.6 Å². The fraction of sp³-hybridized carbons (Fsp3) is 1.00. The van der Waals surface area contributed by atoms with Gasteiger partial charge in [0.2, 0.25) is 0 Å². The van der Waals surface area contributed by atoms with E-state index in [1.807, 2.05) is 0 Å². The van der Waals surface area contributed by atoms with Gasteiger partial charge in [-0.15, -0.1) is 0 Å². The molecule has 0 aromatic heterocycles. The van der Waals surface area contributed by atoms with Crippen molar-refractivity contribution < 1.29 is 22.6 Å². The molecule has 1 fully saturated rings. The van der Waals surface area contributed by atoms with Crippen LogP contribution in [0.4, 0.5) is 13.2 Å². The molecule has 1 aliphatic heterocycles. The van der Waals surface area contributed by atoms with E-state index >= 15 is 0 Å². The van der Waals surface area contributed by atoms with Crippen molar-refractivity contribution in [2.75, 3.05) is 32.9 Å². The number of morpholine rings is 1. The molecule has 3 nitrogen and oxygen atoms in total. The van der Waals surface area contributed by atoms with Gasteiger partial charge in [0.15, 0.2) is 0 Å². The lowest BCUT2D eigenvalue weighted by atomic mass is 10.3. The summed E-state index contributed by atoms with van der Waals surface area (Å²) in [6, 6.07) is 0. The van der Waals surface area contributed by atoms with Gasteiger partial charge in [0.25, 0.3) is 0 Å². The van der Waals surface area contributed by atoms with Crippen LogP contribution in [0, 0.1) is 0 Å². The highest BCUT2D eigenvalue weighted by molar-refractivity contribution is 4.66. The van der Waals surface area contributed by atoms with Crippen LogP contribution < -0.4 is 5.32 Å². The molecule has 1 heterocycles. The molecule has 0 radical (unpaired) electrons. The number of hydrogen-bond acceptors (Lipinski definition) is 3. The van der Waals surface area contributed by atoms with Crippen molar-refractivity contribution in [2.24, 2.45) is 0 Å². The van der Waals surface area contributed by atoms with E-state index in [1.54, 1.807) is 0 Å². The average Bonchev–Trinajstić information content (AvgIpc) is 2.13. The molecule has 14 heavy (non-hydrogen) atoms. The summed E-state index contributed by atoms with van der Waals surface area (Å²) in [6.45, 7) is 1.96. The molecular formula is C8H14F3NO2. The molecule has 0 aliphatic carbocycles. The van der Waals surface area contributed by atoms with Crippen LogP contribution in [-0.2, 0) is 9.47 Å². The zero-order valence-corrected chi connectivity index (χ0v) is 7.77. The molecule has 0 amide bonds. The van der Waals surface area contributed by atoms with Crippen LogP contribution in [0.2, 0.25) is 0 Å². The van der Waals surface area contributed by atoms with Crippen molar-refractivity contribution in [1.82, 2.24) is 5.32 Å². The summed E-state index contributed by atoms with van der Waals surface area (Å²) in [5.41, 5.74) is 0. The number of rotatable bonds is 4. The van der Waals surface area contributed by atoms with Gasteiger partial charge in [0.1, 0.15) is 0 Å². The third-order valence-electron chi connectivity index (χ3n) is 1.84. The molecule has 1 atom stereocenters. The molecular weight excluding hydrogens is 199 g/mol. The summed E-state index contributed by atoms with van der Waals surface area (Å²) in [6.07, 6.45) is -5.14. The first-order valence-corrected chi connectivity index (χ1v) is 4.55. The van der Waals surface area contributed by atoms with E-state index in [9.17, 15) is 13.2 Å². The molecule has 6 heteroatoms. The van der Waals surface area contributed by atoms with Gasteiger partial charge in [0.05, 0.1) is 32.3 Å². The van der Waals surface area contributed by atoms with Crippen molar-refractivity contribution in [3.05, 3.63) is 0 Å². The van der Waals surface area contributed by atoms with Crippen molar-refractivity contribution in [1.29, 1.82) is 0 Å². The van der Waals surface area contributed by atoms with Gasteiger partial charge in [0, 0.05) is 13.1 Å². The summed E-state index contributed by atoms with van der Waals surface area (Å²) >= 11 is 0. The highest BCUT2D eigenvalue weighted by Gasteiger charge is 2.26. The summed E-state index contributed by atoms with van der Waals surface area (Å²) < 4.78 is 45.2. The summed E-state index contributed by atoms with van der Waals surface area (Å²) in [5.74, 6) is 0. The Morgan fingerprint density at radius 2 is 2.21 bits per heavy atom. The fourth-order valence-corrected chi connectivity index (χ4v) is 1.13. The van der Waals surface area contributed by atoms with Gasteiger partial charge < -0.3 is 14.8 Å². The first-order chi connectivity index (χ1) is 6.58. The van der Waals surface area contributed by atoms with Crippen molar-refractivity contribution in [3.63, 3.8) is 0 Å². The van der Waals surface area contributed by atoms with Crippen LogP contribution >= 0.6 is 0 Å². The van der Waals surface area contributed by atoms with Crippen LogP contribution in [0.1, 0.15) is 6.42 Å². The van der Waals surface area contributed by atoms with E-state index in [2.05, 4.69) is 5.32 Å². The molecule has 1 N–H and O–H groups in total. The van der Waals surface area contributed by atoms with Crippen LogP contribution in [0.25, 0.3) is 0 Å². The largest absolute Gasteiger partial charge is 0.391 e. The lowest BCUT2D eigenvalue weighted by Gasteiger charge is -2.23. The SMILES string of the molecule is FC(F)(F)CCOCC1CNCCO1. The Bertz CT molecular complexity index is 157. The number of ether oxygens (including phenoxy) is 2. The maximum absolute atomic E-state index is 11.7. The van der Waals surface area contributed by atoms with E-state index < -0.39 is 12.6 Å². The van der Waals surface area contributed by atoms with E-state index in [-0.39, 0.29) is 19.3 Å². The number of alkyl halides is 3. The minimum absolute atomic E-state index is 0.114. The van der Waals surface area contributed by atoms with Crippen molar-refractivity contribution in [3.8, 4) is 0 Å². The molecule has 0 saturated carbocycles. The summed E-state index contributed by atoms with van der Waals surface area (Å²) in [7, 11) is 0. The van der Waals surface area contributed by atoms with Crippen LogP contribution in [0.5, 0.6) is 0 Å². The lowest BCUT2D eigenvalue weighted by Crippen LogP contribution is -2.41. The first kappa shape index (κ1) is 11.7. The van der Waals surface area contributed by atoms with Gasteiger partial charge in [-0.05, 0) is 0 Å². The fourth-order valence-electron chi connectivity index (χ4n) is 1.13. The Balaban J connectivity index is 1.97. The summed E-state index contributed by atoms with van der Waals surface area (Å²) in [5, 5.41) is 3.06. The quantitative estimate of drug-likeness (QED) is 0.705. The molecule has 0 bridgehead atoms. The molecule has 0 aromatic rings. The minimum atomic E-state index is -4.13. The van der Waals surface area contributed by atoms with Crippen molar-refractivity contribution >= 4 is 0 Å². The monoisotopic (exact) mass is 213 g/mol. The number of halogens is 3. The van der Waals surface area contributed by atoms with Crippen molar-refractivity contribution in [2.45, 2.75) is 18.7 Å².